The Bertz CT molecular complexity index is 1210. The fourth-order valence-corrected chi connectivity index (χ4v) is 5.16. The van der Waals surface area contributed by atoms with Gasteiger partial charge in [0.15, 0.2) is 0 Å². The molecule has 0 saturated heterocycles. The van der Waals surface area contributed by atoms with Gasteiger partial charge in [-0.15, -0.1) is 0 Å². The van der Waals surface area contributed by atoms with E-state index in [1.165, 1.54) is 33.1 Å². The number of fused-ring (bicyclic) bond motifs is 1. The number of benzene rings is 2. The van der Waals surface area contributed by atoms with Crippen molar-refractivity contribution in [1.82, 2.24) is 14.8 Å². The molecule has 1 saturated carbocycles. The van der Waals surface area contributed by atoms with Crippen molar-refractivity contribution in [2.75, 3.05) is 26.8 Å². The largest absolute Gasteiger partial charge is 0.385 e. The highest BCUT2D eigenvalue weighted by atomic mass is 16.5. The monoisotopic (exact) mass is 455 g/mol. The van der Waals surface area contributed by atoms with Gasteiger partial charge in [0.05, 0.1) is 0 Å². The molecule has 3 aromatic rings. The smallest absolute Gasteiger partial charge is 0.251 e. The van der Waals surface area contributed by atoms with Gasteiger partial charge in [-0.2, -0.15) is 0 Å². The zero-order valence-electron chi connectivity index (χ0n) is 20.3. The van der Waals surface area contributed by atoms with E-state index in [2.05, 4.69) is 77.4 Å². The maximum Gasteiger partial charge on any atom is 0.251 e. The third-order valence-electron chi connectivity index (χ3n) is 7.05. The first-order valence-electron chi connectivity index (χ1n) is 12.5. The lowest BCUT2D eigenvalue weighted by atomic mass is 9.88. The SMILES string of the molecule is Bc1cccc(C2=C(C(=O)N(Cc3cn(CCCOC)c4ccccc34)C3CC3)CNCC2)c1. The number of carbonyl (C=O) groups excluding carboxylic acids is 1. The maximum absolute atomic E-state index is 14.0. The minimum Gasteiger partial charge on any atom is -0.385 e. The van der Waals surface area contributed by atoms with Crippen molar-refractivity contribution in [2.45, 2.75) is 44.8 Å². The van der Waals surface area contributed by atoms with E-state index in [9.17, 15) is 4.79 Å². The lowest BCUT2D eigenvalue weighted by Gasteiger charge is -2.28. The van der Waals surface area contributed by atoms with Crippen LogP contribution < -0.4 is 10.8 Å². The molecule has 0 bridgehead atoms. The molecule has 34 heavy (non-hydrogen) atoms. The summed E-state index contributed by atoms with van der Waals surface area (Å²) in [5.74, 6) is 0.197. The van der Waals surface area contributed by atoms with Crippen molar-refractivity contribution in [3.63, 3.8) is 0 Å². The number of rotatable bonds is 9. The Morgan fingerprint density at radius 1 is 1.21 bits per heavy atom. The Labute approximate surface area is 203 Å². The summed E-state index contributed by atoms with van der Waals surface area (Å²) in [5.41, 5.74) is 7.03. The van der Waals surface area contributed by atoms with E-state index in [1.807, 2.05) is 0 Å². The molecule has 2 aromatic carbocycles. The topological polar surface area (TPSA) is 46.5 Å². The molecule has 0 unspecified atom stereocenters. The molecule has 6 heteroatoms. The van der Waals surface area contributed by atoms with Crippen molar-refractivity contribution in [1.29, 1.82) is 0 Å². The van der Waals surface area contributed by atoms with Gasteiger partial charge in [-0.25, -0.2) is 0 Å². The Morgan fingerprint density at radius 3 is 2.85 bits per heavy atom. The van der Waals surface area contributed by atoms with Crippen molar-refractivity contribution < 1.29 is 9.53 Å². The predicted octanol–water partition coefficient (Wildman–Crippen LogP) is 2.87. The van der Waals surface area contributed by atoms with E-state index in [-0.39, 0.29) is 5.91 Å². The highest BCUT2D eigenvalue weighted by Gasteiger charge is 2.35. The van der Waals surface area contributed by atoms with Crippen molar-refractivity contribution in [2.24, 2.45) is 0 Å². The molecule has 2 aliphatic rings. The van der Waals surface area contributed by atoms with Crippen LogP contribution in [0.25, 0.3) is 16.5 Å². The van der Waals surface area contributed by atoms with Crippen LogP contribution >= 0.6 is 0 Å². The number of aryl methyl sites for hydroxylation is 1. The summed E-state index contributed by atoms with van der Waals surface area (Å²) in [4.78, 5) is 16.1. The van der Waals surface area contributed by atoms with E-state index in [4.69, 9.17) is 4.74 Å². The summed E-state index contributed by atoms with van der Waals surface area (Å²) < 4.78 is 7.58. The molecule has 1 aliphatic heterocycles. The number of hydrogen-bond acceptors (Lipinski definition) is 3. The van der Waals surface area contributed by atoms with Gasteiger partial charge in [-0.3, -0.25) is 4.79 Å². The normalized spacial score (nSPS) is 16.3. The second-order valence-electron chi connectivity index (χ2n) is 9.63. The van der Waals surface area contributed by atoms with Crippen LogP contribution in [0, 0.1) is 0 Å². The van der Waals surface area contributed by atoms with Crippen LogP contribution in [0.1, 0.15) is 36.8 Å². The number of carbonyl (C=O) groups is 1. The molecular weight excluding hydrogens is 421 g/mol. The van der Waals surface area contributed by atoms with Crippen LogP contribution in [0.5, 0.6) is 0 Å². The van der Waals surface area contributed by atoms with E-state index in [0.717, 1.165) is 51.0 Å². The summed E-state index contributed by atoms with van der Waals surface area (Å²) in [6, 6.07) is 17.5. The van der Waals surface area contributed by atoms with Crippen LogP contribution in [0.2, 0.25) is 0 Å². The Morgan fingerprint density at radius 2 is 2.06 bits per heavy atom. The standard InChI is InChI=1S/C28H34BN3O2/c1-34-15-5-14-31-18-21(25-8-2-3-9-27(25)31)19-32(23-10-11-23)28(33)26-17-30-13-12-24(26)20-6-4-7-22(29)16-20/h2-4,6-9,16,18,23,30H,5,10-15,17,19,29H2,1H3. The lowest BCUT2D eigenvalue weighted by molar-refractivity contribution is -0.128. The number of amides is 1. The maximum atomic E-state index is 14.0. The fourth-order valence-electron chi connectivity index (χ4n) is 5.16. The van der Waals surface area contributed by atoms with Gasteiger partial charge in [0, 0.05) is 62.1 Å². The van der Waals surface area contributed by atoms with Crippen LogP contribution in [-0.2, 0) is 22.6 Å². The zero-order chi connectivity index (χ0) is 23.5. The van der Waals surface area contributed by atoms with Crippen LogP contribution in [-0.4, -0.2) is 56.1 Å². The van der Waals surface area contributed by atoms with E-state index < -0.39 is 0 Å². The average molecular weight is 455 g/mol. The summed E-state index contributed by atoms with van der Waals surface area (Å²) in [5, 5.41) is 4.69. The third-order valence-corrected chi connectivity index (χ3v) is 7.05. The van der Waals surface area contributed by atoms with Gasteiger partial charge < -0.3 is 19.5 Å². The minimum absolute atomic E-state index is 0.197. The molecule has 176 valence electrons. The minimum atomic E-state index is 0.197. The molecule has 1 N–H and O–H groups in total. The molecular formula is C28H34BN3O2. The van der Waals surface area contributed by atoms with E-state index in [1.54, 1.807) is 7.11 Å². The number of para-hydroxylation sites is 1. The van der Waals surface area contributed by atoms with Gasteiger partial charge >= 0.3 is 0 Å². The number of nitrogens with zero attached hydrogens (tertiary/aromatic N) is 2. The summed E-state index contributed by atoms with van der Waals surface area (Å²) in [7, 11) is 3.86. The first-order chi connectivity index (χ1) is 16.7. The fraction of sp³-hybridized carbons (Fsp3) is 0.393. The van der Waals surface area contributed by atoms with E-state index in [0.29, 0.717) is 19.1 Å². The molecule has 0 atom stereocenters. The summed E-state index contributed by atoms with van der Waals surface area (Å²) >= 11 is 0. The molecule has 1 fully saturated rings. The predicted molar refractivity (Wildman–Crippen MR) is 141 cm³/mol. The molecule has 1 aromatic heterocycles. The molecule has 5 rings (SSSR count). The van der Waals surface area contributed by atoms with Crippen LogP contribution in [0.4, 0.5) is 0 Å². The number of ether oxygens (including phenoxy) is 1. The zero-order valence-corrected chi connectivity index (χ0v) is 20.3. The van der Waals surface area contributed by atoms with Crippen LogP contribution in [0.3, 0.4) is 0 Å². The Balaban J connectivity index is 1.47. The van der Waals surface area contributed by atoms with Gasteiger partial charge in [0.2, 0.25) is 0 Å². The summed E-state index contributed by atoms with van der Waals surface area (Å²) in [6.45, 7) is 3.88. The first kappa shape index (κ1) is 22.9. The van der Waals surface area contributed by atoms with Gasteiger partial charge in [-0.1, -0.05) is 47.9 Å². The molecule has 1 aliphatic carbocycles. The molecule has 2 heterocycles. The highest BCUT2D eigenvalue weighted by molar-refractivity contribution is 6.32. The second-order valence-corrected chi connectivity index (χ2v) is 9.63. The number of nitrogens with one attached hydrogen (secondary N) is 1. The van der Waals surface area contributed by atoms with Crippen molar-refractivity contribution in [3.8, 4) is 0 Å². The third kappa shape index (κ3) is 4.84. The Hall–Kier alpha value is -2.83. The highest BCUT2D eigenvalue weighted by Crippen LogP contribution is 2.34. The van der Waals surface area contributed by atoms with Crippen molar-refractivity contribution >= 4 is 35.7 Å². The Kier molecular flexibility index (Phi) is 6.88. The van der Waals surface area contributed by atoms with E-state index >= 15 is 0 Å². The van der Waals surface area contributed by atoms with Crippen molar-refractivity contribution in [3.05, 3.63) is 71.4 Å². The number of methoxy groups -OCH3 is 1. The molecule has 1 amide bonds. The number of hydrogen-bond donors (Lipinski definition) is 1. The van der Waals surface area contributed by atoms with Gasteiger partial charge in [-0.05, 0) is 55.0 Å². The van der Waals surface area contributed by atoms with Gasteiger partial charge in [0.25, 0.3) is 5.91 Å². The number of aromatic nitrogens is 1. The molecule has 0 spiro atoms. The first-order valence-corrected chi connectivity index (χ1v) is 12.5. The molecule has 5 nitrogen and oxygen atoms in total. The lowest BCUT2D eigenvalue weighted by Crippen LogP contribution is -2.39. The average Bonchev–Trinajstić information content (AvgIpc) is 3.65. The molecule has 0 radical (unpaired) electrons. The van der Waals surface area contributed by atoms with Gasteiger partial charge in [0.1, 0.15) is 7.85 Å². The summed E-state index contributed by atoms with van der Waals surface area (Å²) in [6.07, 6.45) is 6.30. The van der Waals surface area contributed by atoms with Crippen LogP contribution in [0.15, 0.2) is 60.3 Å². The quantitative estimate of drug-likeness (QED) is 0.399. The second kappa shape index (κ2) is 10.2.